The lowest BCUT2D eigenvalue weighted by molar-refractivity contribution is -0.0100. The van der Waals surface area contributed by atoms with Crippen molar-refractivity contribution in [1.82, 2.24) is 0 Å². The molecule has 60 heavy (non-hydrogen) atoms. The second kappa shape index (κ2) is 13.5. The van der Waals surface area contributed by atoms with Gasteiger partial charge < -0.3 is 9.64 Å². The summed E-state index contributed by atoms with van der Waals surface area (Å²) in [6.07, 6.45) is 5.92. The van der Waals surface area contributed by atoms with Crippen molar-refractivity contribution in [3.05, 3.63) is 111 Å². The van der Waals surface area contributed by atoms with Crippen LogP contribution in [0, 0.1) is 23.7 Å². The van der Waals surface area contributed by atoms with Gasteiger partial charge >= 0.3 is 0 Å². The van der Waals surface area contributed by atoms with E-state index in [-0.39, 0.29) is 39.9 Å². The zero-order valence-electron chi connectivity index (χ0n) is 40.1. The summed E-state index contributed by atoms with van der Waals surface area (Å²) in [4.78, 5) is 5.29. The Bertz CT molecular complexity index is 2420. The summed E-state index contributed by atoms with van der Waals surface area (Å²) in [6.45, 7) is 38.8. The van der Waals surface area contributed by atoms with Crippen LogP contribution in [0.3, 0.4) is 0 Å². The second-order valence-corrected chi connectivity index (χ2v) is 24.1. The number of hydrogen-bond acceptors (Lipinski definition) is 3. The third kappa shape index (κ3) is 6.34. The van der Waals surface area contributed by atoms with E-state index in [1.807, 2.05) is 0 Å². The zero-order valence-corrected chi connectivity index (χ0v) is 40.1. The van der Waals surface area contributed by atoms with Crippen molar-refractivity contribution in [2.75, 3.05) is 9.80 Å². The van der Waals surface area contributed by atoms with E-state index < -0.39 is 0 Å². The van der Waals surface area contributed by atoms with Gasteiger partial charge in [-0.05, 0) is 165 Å². The molecule has 0 saturated heterocycles. The lowest BCUT2D eigenvalue weighted by Gasteiger charge is -2.52. The SMILES string of the molecule is Cc1cc2c(cc1N1C3=C(B4c5cc(C(C)C)ccc5N(c5ccc(C(C)C)cc5)c5cc(C(C)(C)C)cc1c54)C1CC(O3)C(C)(C)CCC1(C)C)C(C)(C)CCC2(C)C. The van der Waals surface area contributed by atoms with Crippen LogP contribution in [0.4, 0.5) is 28.4 Å². The first kappa shape index (κ1) is 41.4. The van der Waals surface area contributed by atoms with Crippen molar-refractivity contribution in [3.63, 3.8) is 0 Å². The standard InChI is InChI=1S/C56H73BN2O/c1-33(2)36-17-20-39(21-18-36)58-44-22-19-37(34(3)4)28-43(44)57-49-42-32-48(56(15,16)26-25-55(42,13)14)60-51(49)59(47-30-38(52(6,7)8)29-46(58)50(47)57)45-31-41-40(27-35(45)5)53(9,10)23-24-54(41,11)12/h17-22,27-31,33-34,42,48H,23-26,32H2,1-16H3. The lowest BCUT2D eigenvalue weighted by Crippen LogP contribution is -2.60. The maximum absolute atomic E-state index is 7.82. The summed E-state index contributed by atoms with van der Waals surface area (Å²) >= 11 is 0. The molecule has 0 N–H and O–H groups in total. The van der Waals surface area contributed by atoms with Gasteiger partial charge in [-0.15, -0.1) is 0 Å². The molecule has 1 saturated carbocycles. The number of nitrogens with zero attached hydrogens (tertiary/aromatic N) is 2. The molecule has 3 aliphatic heterocycles. The average Bonchev–Trinajstić information content (AvgIpc) is 3.24. The summed E-state index contributed by atoms with van der Waals surface area (Å²) in [7, 11) is 0. The van der Waals surface area contributed by atoms with Crippen molar-refractivity contribution in [2.45, 2.75) is 177 Å². The van der Waals surface area contributed by atoms with Gasteiger partial charge in [-0.25, -0.2) is 0 Å². The van der Waals surface area contributed by atoms with Crippen molar-refractivity contribution in [3.8, 4) is 0 Å². The Balaban J connectivity index is 1.44. The fraction of sp³-hybridized carbons (Fsp3) is 0.536. The monoisotopic (exact) mass is 801 g/mol. The molecule has 4 heteroatoms. The van der Waals surface area contributed by atoms with Crippen LogP contribution in [-0.4, -0.2) is 12.8 Å². The van der Waals surface area contributed by atoms with Gasteiger partial charge in [0.2, 0.25) is 0 Å². The van der Waals surface area contributed by atoms with Gasteiger partial charge in [0.15, 0.2) is 5.88 Å². The maximum atomic E-state index is 7.82. The molecule has 9 rings (SSSR count). The molecule has 316 valence electrons. The lowest BCUT2D eigenvalue weighted by atomic mass is 9.30. The predicted molar refractivity (Wildman–Crippen MR) is 258 cm³/mol. The van der Waals surface area contributed by atoms with E-state index in [2.05, 4.69) is 187 Å². The molecule has 3 heterocycles. The first-order chi connectivity index (χ1) is 27.9. The van der Waals surface area contributed by atoms with Gasteiger partial charge in [0.25, 0.3) is 6.71 Å². The highest BCUT2D eigenvalue weighted by atomic mass is 16.5. The first-order valence-electron chi connectivity index (χ1n) is 23.5. The summed E-state index contributed by atoms with van der Waals surface area (Å²) < 4.78 is 7.82. The minimum Gasteiger partial charge on any atom is -0.475 e. The van der Waals surface area contributed by atoms with Crippen molar-refractivity contribution < 1.29 is 4.74 Å². The van der Waals surface area contributed by atoms with Gasteiger partial charge in [-0.1, -0.05) is 134 Å². The Morgan fingerprint density at radius 3 is 1.80 bits per heavy atom. The van der Waals surface area contributed by atoms with Gasteiger partial charge in [0.05, 0.1) is 5.69 Å². The highest BCUT2D eigenvalue weighted by Crippen LogP contribution is 2.59. The van der Waals surface area contributed by atoms with E-state index >= 15 is 0 Å². The van der Waals surface area contributed by atoms with Crippen LogP contribution in [0.15, 0.2) is 78.1 Å². The number of hydrogen-bond donors (Lipinski definition) is 0. The topological polar surface area (TPSA) is 15.7 Å². The fourth-order valence-corrected chi connectivity index (χ4v) is 11.7. The molecule has 3 nitrogen and oxygen atoms in total. The minimum atomic E-state index is -0.0847. The number of rotatable bonds is 4. The van der Waals surface area contributed by atoms with Gasteiger partial charge in [0.1, 0.15) is 6.10 Å². The Hall–Kier alpha value is -3.92. The molecule has 2 unspecified atom stereocenters. The number of aryl methyl sites for hydroxylation is 1. The largest absolute Gasteiger partial charge is 0.475 e. The number of allylic oxidation sites excluding steroid dienone is 1. The van der Waals surface area contributed by atoms with Crippen molar-refractivity contribution >= 4 is 46.1 Å². The quantitative estimate of drug-likeness (QED) is 0.191. The van der Waals surface area contributed by atoms with E-state index in [1.54, 1.807) is 0 Å². The predicted octanol–water partition coefficient (Wildman–Crippen LogP) is 14.4. The Morgan fingerprint density at radius 2 is 1.20 bits per heavy atom. The Labute approximate surface area is 364 Å². The zero-order chi connectivity index (χ0) is 43.2. The van der Waals surface area contributed by atoms with Crippen LogP contribution in [0.5, 0.6) is 0 Å². The van der Waals surface area contributed by atoms with Gasteiger partial charge in [-0.3, -0.25) is 4.90 Å². The first-order valence-corrected chi connectivity index (χ1v) is 23.5. The molecule has 2 bridgehead atoms. The highest BCUT2D eigenvalue weighted by Gasteiger charge is 2.56. The number of anilines is 5. The van der Waals surface area contributed by atoms with Gasteiger partial charge in [-0.2, -0.15) is 0 Å². The molecule has 0 amide bonds. The fourth-order valence-electron chi connectivity index (χ4n) is 11.7. The molecular weight excluding hydrogens is 727 g/mol. The van der Waals surface area contributed by atoms with E-state index in [0.29, 0.717) is 17.8 Å². The van der Waals surface area contributed by atoms with Crippen molar-refractivity contribution in [1.29, 1.82) is 0 Å². The summed E-state index contributed by atoms with van der Waals surface area (Å²) in [5.41, 5.74) is 19.5. The van der Waals surface area contributed by atoms with Crippen LogP contribution in [0.2, 0.25) is 0 Å². The van der Waals surface area contributed by atoms with E-state index in [9.17, 15) is 0 Å². The normalized spacial score (nSPS) is 23.1. The van der Waals surface area contributed by atoms with E-state index in [0.717, 1.165) is 18.7 Å². The summed E-state index contributed by atoms with van der Waals surface area (Å²) in [6, 6.07) is 27.2. The molecular formula is C56H73BN2O. The summed E-state index contributed by atoms with van der Waals surface area (Å²) in [5.74, 6) is 2.37. The van der Waals surface area contributed by atoms with Crippen LogP contribution in [-0.2, 0) is 21.0 Å². The molecule has 2 atom stereocenters. The highest BCUT2D eigenvalue weighted by molar-refractivity contribution is 6.95. The molecule has 0 radical (unpaired) electrons. The summed E-state index contributed by atoms with van der Waals surface area (Å²) in [5, 5.41) is 0. The molecule has 2 aliphatic carbocycles. The molecule has 1 fully saturated rings. The number of ether oxygens (including phenoxy) is 1. The van der Waals surface area contributed by atoms with Crippen LogP contribution in [0.1, 0.15) is 181 Å². The van der Waals surface area contributed by atoms with Crippen molar-refractivity contribution in [2.24, 2.45) is 16.7 Å². The third-order valence-corrected chi connectivity index (χ3v) is 16.3. The maximum Gasteiger partial charge on any atom is 0.252 e. The smallest absolute Gasteiger partial charge is 0.252 e. The van der Waals surface area contributed by atoms with Crippen LogP contribution >= 0.6 is 0 Å². The molecule has 5 aliphatic rings. The van der Waals surface area contributed by atoms with Gasteiger partial charge in [0, 0.05) is 28.2 Å². The average molecular weight is 801 g/mol. The Kier molecular flexibility index (Phi) is 9.35. The molecule has 4 aromatic carbocycles. The molecule has 0 aromatic heterocycles. The molecule has 4 aromatic rings. The number of benzene rings is 4. The van der Waals surface area contributed by atoms with E-state index in [4.69, 9.17) is 4.74 Å². The number of fused-ring (bicyclic) bond motifs is 7. The minimum absolute atomic E-state index is 0.0556. The van der Waals surface area contributed by atoms with Crippen LogP contribution in [0.25, 0.3) is 0 Å². The molecule has 0 spiro atoms. The van der Waals surface area contributed by atoms with Crippen LogP contribution < -0.4 is 20.7 Å². The Morgan fingerprint density at radius 1 is 0.633 bits per heavy atom. The third-order valence-electron chi connectivity index (χ3n) is 16.3. The van der Waals surface area contributed by atoms with E-state index in [1.165, 1.54) is 97.5 Å². The second-order valence-electron chi connectivity index (χ2n) is 24.1.